The molecule has 0 saturated carbocycles. The number of aryl methyl sites for hydroxylation is 2. The molecule has 0 heterocycles. The van der Waals surface area contributed by atoms with Crippen molar-refractivity contribution in [2.45, 2.75) is 64.4 Å². The number of methoxy groups -OCH3 is 2. The summed E-state index contributed by atoms with van der Waals surface area (Å²) < 4.78 is 40.2. The van der Waals surface area contributed by atoms with Crippen LogP contribution in [0.25, 0.3) is 0 Å². The Morgan fingerprint density at radius 1 is 0.884 bits per heavy atom. The first kappa shape index (κ1) is 33.5. The molecule has 2 amide bonds. The van der Waals surface area contributed by atoms with Crippen molar-refractivity contribution in [1.29, 1.82) is 0 Å². The van der Waals surface area contributed by atoms with Gasteiger partial charge in [-0.2, -0.15) is 0 Å². The second kappa shape index (κ2) is 14.9. The molecule has 0 aliphatic carbocycles. The van der Waals surface area contributed by atoms with Crippen LogP contribution in [0.1, 0.15) is 43.9 Å². The summed E-state index contributed by atoms with van der Waals surface area (Å²) in [7, 11) is -1.37. The molecule has 0 fully saturated rings. The SMILES string of the molecule is CC[C@@H](C)NC(=O)[C@H](C)N(CCc1ccccc1)C(=O)CN(c1cc(C)cc(C)c1)S(=O)(=O)c1ccc(OC)c(OC)c1. The third-order valence-electron chi connectivity index (χ3n) is 7.37. The standard InChI is InChI=1S/C33H43N3O6S/c1-8-25(4)34-33(38)26(5)35(17-16-27-12-10-9-11-13-27)32(37)22-36(28-19-23(2)18-24(3)20-28)43(39,40)29-14-15-30(41-6)31(21-29)42-7/h9-15,18-21,25-26H,8,16-17,22H2,1-7H3,(H,34,38)/t25-,26+/m1/s1. The minimum atomic E-state index is -4.26. The van der Waals surface area contributed by atoms with E-state index in [1.807, 2.05) is 64.1 Å². The van der Waals surface area contributed by atoms with Gasteiger partial charge in [0.2, 0.25) is 11.8 Å². The Balaban J connectivity index is 2.06. The molecule has 0 aromatic heterocycles. The van der Waals surface area contributed by atoms with Gasteiger partial charge in [-0.05, 0) is 81.5 Å². The predicted octanol–water partition coefficient (Wildman–Crippen LogP) is 4.89. The van der Waals surface area contributed by atoms with Gasteiger partial charge in [-0.3, -0.25) is 13.9 Å². The summed E-state index contributed by atoms with van der Waals surface area (Å²) >= 11 is 0. The van der Waals surface area contributed by atoms with Crippen LogP contribution in [-0.2, 0) is 26.0 Å². The number of anilines is 1. The van der Waals surface area contributed by atoms with Crippen LogP contribution in [0.4, 0.5) is 5.69 Å². The van der Waals surface area contributed by atoms with E-state index < -0.39 is 28.5 Å². The summed E-state index contributed by atoms with van der Waals surface area (Å²) in [6.45, 7) is 9.00. The highest BCUT2D eigenvalue weighted by Gasteiger charge is 2.33. The molecule has 0 saturated heterocycles. The normalized spacial score (nSPS) is 12.6. The van der Waals surface area contributed by atoms with Crippen molar-refractivity contribution in [2.75, 3.05) is 31.6 Å². The average molecular weight is 610 g/mol. The van der Waals surface area contributed by atoms with Crippen molar-refractivity contribution in [3.8, 4) is 11.5 Å². The second-order valence-electron chi connectivity index (χ2n) is 10.7. The molecule has 0 radical (unpaired) electrons. The summed E-state index contributed by atoms with van der Waals surface area (Å²) in [5.41, 5.74) is 3.04. The van der Waals surface area contributed by atoms with E-state index >= 15 is 0 Å². The van der Waals surface area contributed by atoms with Crippen LogP contribution in [0, 0.1) is 13.8 Å². The first-order valence-electron chi connectivity index (χ1n) is 14.4. The summed E-state index contributed by atoms with van der Waals surface area (Å²) in [5, 5.41) is 2.95. The zero-order valence-corrected chi connectivity index (χ0v) is 26.9. The molecule has 232 valence electrons. The molecule has 0 spiro atoms. The third-order valence-corrected chi connectivity index (χ3v) is 9.14. The summed E-state index contributed by atoms with van der Waals surface area (Å²) in [5.74, 6) is -0.166. The van der Waals surface area contributed by atoms with Crippen LogP contribution in [0.15, 0.2) is 71.6 Å². The molecule has 3 aromatic carbocycles. The van der Waals surface area contributed by atoms with E-state index in [-0.39, 0.29) is 29.1 Å². The number of sulfonamides is 1. The smallest absolute Gasteiger partial charge is 0.264 e. The Kier molecular flexibility index (Phi) is 11.6. The van der Waals surface area contributed by atoms with Gasteiger partial charge >= 0.3 is 0 Å². The minimum absolute atomic E-state index is 0.0597. The fraction of sp³-hybridized carbons (Fsp3) is 0.394. The van der Waals surface area contributed by atoms with Crippen molar-refractivity contribution in [1.82, 2.24) is 10.2 Å². The summed E-state index contributed by atoms with van der Waals surface area (Å²) in [6, 6.07) is 18.5. The van der Waals surface area contributed by atoms with Crippen molar-refractivity contribution in [3.63, 3.8) is 0 Å². The van der Waals surface area contributed by atoms with Gasteiger partial charge in [0.25, 0.3) is 10.0 Å². The molecule has 0 aliphatic rings. The number of amides is 2. The highest BCUT2D eigenvalue weighted by atomic mass is 32.2. The molecule has 1 N–H and O–H groups in total. The Bertz CT molecular complexity index is 1490. The number of carbonyl (C=O) groups is 2. The molecule has 0 aliphatic heterocycles. The number of hydrogen-bond donors (Lipinski definition) is 1. The third kappa shape index (κ3) is 8.50. The highest BCUT2D eigenvalue weighted by molar-refractivity contribution is 7.92. The van der Waals surface area contributed by atoms with Gasteiger partial charge < -0.3 is 19.7 Å². The van der Waals surface area contributed by atoms with Crippen LogP contribution in [0.3, 0.4) is 0 Å². The molecule has 2 atom stereocenters. The zero-order chi connectivity index (χ0) is 31.7. The lowest BCUT2D eigenvalue weighted by Crippen LogP contribution is -2.53. The van der Waals surface area contributed by atoms with E-state index in [0.29, 0.717) is 17.9 Å². The molecule has 3 rings (SSSR count). The molecule has 10 heteroatoms. The van der Waals surface area contributed by atoms with Crippen molar-refractivity contribution < 1.29 is 27.5 Å². The second-order valence-corrected chi connectivity index (χ2v) is 12.6. The number of rotatable bonds is 14. The van der Waals surface area contributed by atoms with Crippen LogP contribution in [-0.4, -0.2) is 64.5 Å². The van der Waals surface area contributed by atoms with Gasteiger partial charge in [-0.25, -0.2) is 8.42 Å². The zero-order valence-electron chi connectivity index (χ0n) is 26.1. The largest absolute Gasteiger partial charge is 0.493 e. The van der Waals surface area contributed by atoms with Crippen LogP contribution in [0.5, 0.6) is 11.5 Å². The minimum Gasteiger partial charge on any atom is -0.493 e. The lowest BCUT2D eigenvalue weighted by molar-refractivity contribution is -0.139. The van der Waals surface area contributed by atoms with E-state index in [1.54, 1.807) is 19.1 Å². The van der Waals surface area contributed by atoms with E-state index in [0.717, 1.165) is 27.4 Å². The lowest BCUT2D eigenvalue weighted by Gasteiger charge is -2.32. The molecule has 0 bridgehead atoms. The number of hydrogen-bond acceptors (Lipinski definition) is 6. The lowest BCUT2D eigenvalue weighted by atomic mass is 10.1. The average Bonchev–Trinajstić information content (AvgIpc) is 2.99. The topological polar surface area (TPSA) is 105 Å². The molecule has 0 unspecified atom stereocenters. The van der Waals surface area contributed by atoms with Gasteiger partial charge in [0.1, 0.15) is 12.6 Å². The van der Waals surface area contributed by atoms with E-state index in [9.17, 15) is 18.0 Å². The van der Waals surface area contributed by atoms with E-state index in [2.05, 4.69) is 5.32 Å². The predicted molar refractivity (Wildman–Crippen MR) is 169 cm³/mol. The number of benzene rings is 3. The molecule has 9 nitrogen and oxygen atoms in total. The molecule has 3 aromatic rings. The summed E-state index contributed by atoms with van der Waals surface area (Å²) in [4.78, 5) is 28.7. The van der Waals surface area contributed by atoms with Gasteiger partial charge in [0.05, 0.1) is 24.8 Å². The molecular weight excluding hydrogens is 566 g/mol. The Morgan fingerprint density at radius 3 is 2.09 bits per heavy atom. The van der Waals surface area contributed by atoms with Gasteiger partial charge in [0, 0.05) is 18.7 Å². The Hall–Kier alpha value is -4.05. The number of carbonyl (C=O) groups excluding carboxylic acids is 2. The van der Waals surface area contributed by atoms with Crippen molar-refractivity contribution in [3.05, 3.63) is 83.4 Å². The molecule has 43 heavy (non-hydrogen) atoms. The van der Waals surface area contributed by atoms with Crippen molar-refractivity contribution >= 4 is 27.5 Å². The van der Waals surface area contributed by atoms with E-state index in [4.69, 9.17) is 9.47 Å². The van der Waals surface area contributed by atoms with Gasteiger partial charge in [-0.1, -0.05) is 43.3 Å². The fourth-order valence-electron chi connectivity index (χ4n) is 4.76. The van der Waals surface area contributed by atoms with Gasteiger partial charge in [-0.15, -0.1) is 0 Å². The van der Waals surface area contributed by atoms with E-state index in [1.165, 1.54) is 37.3 Å². The van der Waals surface area contributed by atoms with Crippen LogP contribution in [0.2, 0.25) is 0 Å². The first-order chi connectivity index (χ1) is 20.4. The molecular formula is C33H43N3O6S. The maximum Gasteiger partial charge on any atom is 0.264 e. The number of nitrogens with one attached hydrogen (secondary N) is 1. The van der Waals surface area contributed by atoms with Crippen LogP contribution >= 0.6 is 0 Å². The van der Waals surface area contributed by atoms with Crippen LogP contribution < -0.4 is 19.1 Å². The van der Waals surface area contributed by atoms with Gasteiger partial charge in [0.15, 0.2) is 11.5 Å². The number of nitrogens with zero attached hydrogens (tertiary/aromatic N) is 2. The Labute approximate surface area is 255 Å². The number of ether oxygens (including phenoxy) is 2. The summed E-state index contributed by atoms with van der Waals surface area (Å²) in [6.07, 6.45) is 1.24. The first-order valence-corrected chi connectivity index (χ1v) is 15.8. The monoisotopic (exact) mass is 609 g/mol. The fourth-order valence-corrected chi connectivity index (χ4v) is 6.18. The maximum absolute atomic E-state index is 14.2. The maximum atomic E-state index is 14.2. The highest BCUT2D eigenvalue weighted by Crippen LogP contribution is 2.33. The van der Waals surface area contributed by atoms with Crippen molar-refractivity contribution in [2.24, 2.45) is 0 Å². The Morgan fingerprint density at radius 2 is 1.51 bits per heavy atom. The quantitative estimate of drug-likeness (QED) is 0.279.